The largest absolute Gasteiger partial charge is 0.464 e. The normalized spacial score (nSPS) is 24.2. The molecule has 27 heavy (non-hydrogen) atoms. The van der Waals surface area contributed by atoms with Crippen LogP contribution in [0, 0.1) is 0 Å². The number of ether oxygens (including phenoxy) is 3. The highest BCUT2D eigenvalue weighted by Crippen LogP contribution is 2.40. The Labute approximate surface area is 161 Å². The Morgan fingerprint density at radius 3 is 2.48 bits per heavy atom. The van der Waals surface area contributed by atoms with Gasteiger partial charge in [0, 0.05) is 12.5 Å². The number of thioether (sulfide) groups is 1. The summed E-state index contributed by atoms with van der Waals surface area (Å²) >= 11 is 1.26. The van der Waals surface area contributed by atoms with Crippen LogP contribution in [0.3, 0.4) is 0 Å². The third-order valence-corrected chi connectivity index (χ3v) is 4.91. The van der Waals surface area contributed by atoms with Crippen LogP contribution in [0.5, 0.6) is 0 Å². The summed E-state index contributed by atoms with van der Waals surface area (Å²) < 4.78 is 15.2. The van der Waals surface area contributed by atoms with Gasteiger partial charge in [-0.2, -0.15) is 0 Å². The summed E-state index contributed by atoms with van der Waals surface area (Å²) in [5.41, 5.74) is -0.241. The van der Waals surface area contributed by atoms with Gasteiger partial charge in [-0.1, -0.05) is 0 Å². The number of fused-ring (bicyclic) bond motifs is 1. The molecule has 0 bridgehead atoms. The van der Waals surface area contributed by atoms with Crippen molar-refractivity contribution in [2.45, 2.75) is 57.7 Å². The van der Waals surface area contributed by atoms with Crippen molar-refractivity contribution in [3.05, 3.63) is 11.0 Å². The maximum Gasteiger partial charge on any atom is 0.408 e. The molecule has 2 unspecified atom stereocenters. The summed E-state index contributed by atoms with van der Waals surface area (Å²) in [6.07, 6.45) is -0.705. The summed E-state index contributed by atoms with van der Waals surface area (Å²) in [7, 11) is 0. The zero-order valence-electron chi connectivity index (χ0n) is 15.9. The van der Waals surface area contributed by atoms with Crippen LogP contribution >= 0.6 is 11.8 Å². The summed E-state index contributed by atoms with van der Waals surface area (Å²) in [6, 6.07) is -1.80. The summed E-state index contributed by atoms with van der Waals surface area (Å²) in [5, 5.41) is 3.74. The second-order valence-corrected chi connectivity index (χ2v) is 8.01. The fraction of sp³-hybridized carbons (Fsp3) is 0.647. The third kappa shape index (κ3) is 4.94. The van der Waals surface area contributed by atoms with Crippen molar-refractivity contribution in [3.63, 3.8) is 0 Å². The molecule has 0 saturated carbocycles. The number of carbonyl (C=O) groups is 4. The van der Waals surface area contributed by atoms with Crippen LogP contribution in [0.2, 0.25) is 0 Å². The molecule has 10 heteroatoms. The number of β-lactam (4-membered cyclic amide) rings is 1. The number of esters is 2. The third-order valence-electron chi connectivity index (χ3n) is 3.69. The number of nitrogens with zero attached hydrogens (tertiary/aromatic N) is 1. The maximum atomic E-state index is 12.6. The molecule has 0 aromatic heterocycles. The number of amides is 2. The first kappa shape index (κ1) is 21.1. The first-order valence-electron chi connectivity index (χ1n) is 8.51. The molecule has 2 aliphatic rings. The zero-order valence-corrected chi connectivity index (χ0v) is 16.8. The molecule has 0 spiro atoms. The molecule has 2 amide bonds. The molecule has 2 aliphatic heterocycles. The Hall–Kier alpha value is -2.23. The quantitative estimate of drug-likeness (QED) is 0.416. The molecule has 1 fully saturated rings. The molecule has 0 aromatic rings. The van der Waals surface area contributed by atoms with Gasteiger partial charge in [0.2, 0.25) is 5.91 Å². The van der Waals surface area contributed by atoms with E-state index in [4.69, 9.17) is 14.2 Å². The van der Waals surface area contributed by atoms with Crippen LogP contribution in [0.1, 0.15) is 34.6 Å². The van der Waals surface area contributed by atoms with E-state index in [0.29, 0.717) is 5.57 Å². The molecule has 2 heterocycles. The Morgan fingerprint density at radius 2 is 1.93 bits per heavy atom. The van der Waals surface area contributed by atoms with E-state index in [-0.39, 0.29) is 13.2 Å². The van der Waals surface area contributed by atoms with Crippen LogP contribution in [-0.4, -0.2) is 65.1 Å². The molecular weight excluding hydrogens is 376 g/mol. The second-order valence-electron chi connectivity index (χ2n) is 7.02. The Bertz CT molecular complexity index is 671. The number of rotatable bonds is 5. The van der Waals surface area contributed by atoms with Gasteiger partial charge in [0.25, 0.3) is 0 Å². The summed E-state index contributed by atoms with van der Waals surface area (Å²) in [6.45, 7) is 8.11. The van der Waals surface area contributed by atoms with Gasteiger partial charge in [-0.05, 0) is 33.1 Å². The highest BCUT2D eigenvalue weighted by Gasteiger charge is 2.56. The van der Waals surface area contributed by atoms with Gasteiger partial charge in [-0.3, -0.25) is 9.59 Å². The lowest BCUT2D eigenvalue weighted by molar-refractivity contribution is -0.162. The van der Waals surface area contributed by atoms with Gasteiger partial charge in [0.1, 0.15) is 23.6 Å². The molecule has 0 radical (unpaired) electrons. The molecule has 0 aromatic carbocycles. The predicted molar refractivity (Wildman–Crippen MR) is 96.5 cm³/mol. The van der Waals surface area contributed by atoms with Crippen LogP contribution in [-0.2, 0) is 28.6 Å². The molecule has 1 N–H and O–H groups in total. The standard InChI is InChI=1S/C17H24N2O7S/c1-6-24-15(22)12-10(7-25-9(2)20)8-27-14-11(13(21)19(12)14)18-16(23)26-17(3,4)5/h8,11-12,14H,6-7H2,1-5H3,(H,18,23)/t11-,12?,14?/m1/s1. The fourth-order valence-electron chi connectivity index (χ4n) is 2.66. The topological polar surface area (TPSA) is 111 Å². The summed E-state index contributed by atoms with van der Waals surface area (Å²) in [5.74, 6) is -1.53. The zero-order chi connectivity index (χ0) is 20.4. The molecule has 9 nitrogen and oxygen atoms in total. The van der Waals surface area contributed by atoms with E-state index in [1.807, 2.05) is 0 Å². The minimum Gasteiger partial charge on any atom is -0.464 e. The highest BCUT2D eigenvalue weighted by molar-refractivity contribution is 8.02. The lowest BCUT2D eigenvalue weighted by Crippen LogP contribution is -2.74. The predicted octanol–water partition coefficient (Wildman–Crippen LogP) is 1.17. The first-order chi connectivity index (χ1) is 12.5. The van der Waals surface area contributed by atoms with Crippen molar-refractivity contribution >= 4 is 35.7 Å². The Balaban J connectivity index is 2.14. The molecule has 2 rings (SSSR count). The van der Waals surface area contributed by atoms with Gasteiger partial charge >= 0.3 is 18.0 Å². The van der Waals surface area contributed by atoms with E-state index in [0.717, 1.165) is 0 Å². The minimum atomic E-state index is -0.986. The Kier molecular flexibility index (Phi) is 6.40. The fourth-order valence-corrected chi connectivity index (χ4v) is 3.87. The molecule has 1 saturated heterocycles. The van der Waals surface area contributed by atoms with E-state index in [2.05, 4.69) is 5.32 Å². The van der Waals surface area contributed by atoms with Crippen LogP contribution in [0.15, 0.2) is 11.0 Å². The van der Waals surface area contributed by atoms with E-state index < -0.39 is 47.0 Å². The number of hydrogen-bond acceptors (Lipinski definition) is 8. The van der Waals surface area contributed by atoms with Crippen molar-refractivity contribution in [1.82, 2.24) is 10.2 Å². The van der Waals surface area contributed by atoms with E-state index in [1.165, 1.54) is 23.6 Å². The van der Waals surface area contributed by atoms with Gasteiger partial charge in [-0.15, -0.1) is 11.8 Å². The van der Waals surface area contributed by atoms with Gasteiger partial charge in [-0.25, -0.2) is 9.59 Å². The van der Waals surface area contributed by atoms with Crippen LogP contribution < -0.4 is 5.32 Å². The highest BCUT2D eigenvalue weighted by atomic mass is 32.2. The minimum absolute atomic E-state index is 0.119. The number of alkyl carbamates (subject to hydrolysis) is 1. The van der Waals surface area contributed by atoms with Gasteiger partial charge in [0.05, 0.1) is 6.61 Å². The lowest BCUT2D eigenvalue weighted by Gasteiger charge is -2.51. The molecular formula is C17H24N2O7S. The molecule has 150 valence electrons. The van der Waals surface area contributed by atoms with Gasteiger partial charge < -0.3 is 24.4 Å². The van der Waals surface area contributed by atoms with E-state index in [9.17, 15) is 19.2 Å². The smallest absolute Gasteiger partial charge is 0.408 e. The average molecular weight is 400 g/mol. The SMILES string of the molecule is CCOC(=O)C1C(COC(C)=O)=CSC2[C@H](NC(=O)OC(C)(C)C)C(=O)N12. The van der Waals surface area contributed by atoms with Gasteiger partial charge in [0.15, 0.2) is 6.04 Å². The van der Waals surface area contributed by atoms with Crippen LogP contribution in [0.4, 0.5) is 4.79 Å². The van der Waals surface area contributed by atoms with E-state index >= 15 is 0 Å². The van der Waals surface area contributed by atoms with Crippen molar-refractivity contribution in [1.29, 1.82) is 0 Å². The second kappa shape index (κ2) is 8.20. The monoisotopic (exact) mass is 400 g/mol. The van der Waals surface area contributed by atoms with Crippen LogP contribution in [0.25, 0.3) is 0 Å². The lowest BCUT2D eigenvalue weighted by atomic mass is 9.98. The van der Waals surface area contributed by atoms with Crippen molar-refractivity contribution in [3.8, 4) is 0 Å². The maximum absolute atomic E-state index is 12.6. The molecule has 0 aliphatic carbocycles. The van der Waals surface area contributed by atoms with Crippen molar-refractivity contribution < 1.29 is 33.4 Å². The summed E-state index contributed by atoms with van der Waals surface area (Å²) in [4.78, 5) is 49.4. The average Bonchev–Trinajstić information content (AvgIpc) is 2.55. The number of carbonyl (C=O) groups excluding carboxylic acids is 4. The molecule has 3 atom stereocenters. The first-order valence-corrected chi connectivity index (χ1v) is 9.45. The number of hydrogen-bond donors (Lipinski definition) is 1. The van der Waals surface area contributed by atoms with E-state index in [1.54, 1.807) is 33.1 Å². The van der Waals surface area contributed by atoms with Crippen molar-refractivity contribution in [2.24, 2.45) is 0 Å². The Morgan fingerprint density at radius 1 is 1.26 bits per heavy atom. The van der Waals surface area contributed by atoms with Crippen molar-refractivity contribution in [2.75, 3.05) is 13.2 Å². The number of nitrogens with one attached hydrogen (secondary N) is 1.